The quantitative estimate of drug-likeness (QED) is 0.727. The summed E-state index contributed by atoms with van der Waals surface area (Å²) in [6.07, 6.45) is 1.56. The lowest BCUT2D eigenvalue weighted by molar-refractivity contribution is 0.0459. The smallest absolute Gasteiger partial charge is 0.319 e. The molecular weight excluding hydrogens is 196 g/mol. The topological polar surface area (TPSA) is 53.0 Å². The third-order valence-corrected chi connectivity index (χ3v) is 2.55. The fraction of sp³-hybridized carbons (Fsp3) is 0.900. The van der Waals surface area contributed by atoms with Crippen LogP contribution < -0.4 is 0 Å². The minimum absolute atomic E-state index is 0.00246. The molecule has 1 saturated heterocycles. The average Bonchev–Trinajstić information content (AvgIpc) is 2.69. The van der Waals surface area contributed by atoms with Crippen molar-refractivity contribution >= 4 is 6.03 Å². The number of nitrogens with zero attached hydrogens (tertiary/aromatic N) is 2. The number of amides is 2. The van der Waals surface area contributed by atoms with E-state index < -0.39 is 6.10 Å². The molecule has 5 nitrogen and oxygen atoms in total. The zero-order valence-electron chi connectivity index (χ0n) is 9.48. The van der Waals surface area contributed by atoms with Crippen molar-refractivity contribution in [2.45, 2.75) is 18.9 Å². The van der Waals surface area contributed by atoms with Gasteiger partial charge in [-0.2, -0.15) is 0 Å². The molecule has 2 amide bonds. The van der Waals surface area contributed by atoms with Crippen LogP contribution in [-0.4, -0.2) is 67.4 Å². The van der Waals surface area contributed by atoms with Crippen molar-refractivity contribution in [3.8, 4) is 0 Å². The van der Waals surface area contributed by atoms with Crippen molar-refractivity contribution in [1.82, 2.24) is 9.80 Å². The molecule has 1 atom stereocenters. The lowest BCUT2D eigenvalue weighted by Crippen LogP contribution is -2.43. The lowest BCUT2D eigenvalue weighted by Gasteiger charge is -2.25. The predicted octanol–water partition coefficient (Wildman–Crippen LogP) is 0.141. The summed E-state index contributed by atoms with van der Waals surface area (Å²) in [7, 11) is 3.24. The van der Waals surface area contributed by atoms with E-state index in [0.717, 1.165) is 25.9 Å². The number of aliphatic hydroxyl groups excluding tert-OH is 1. The van der Waals surface area contributed by atoms with E-state index in [9.17, 15) is 9.90 Å². The highest BCUT2D eigenvalue weighted by molar-refractivity contribution is 5.74. The molecule has 1 unspecified atom stereocenters. The zero-order valence-corrected chi connectivity index (χ0v) is 9.48. The zero-order chi connectivity index (χ0) is 11.3. The Hall–Kier alpha value is -0.810. The summed E-state index contributed by atoms with van der Waals surface area (Å²) in [6.45, 7) is 2.26. The van der Waals surface area contributed by atoms with Gasteiger partial charge in [-0.05, 0) is 12.8 Å². The number of ether oxygens (including phenoxy) is 1. The van der Waals surface area contributed by atoms with Gasteiger partial charge in [0.1, 0.15) is 0 Å². The molecule has 88 valence electrons. The summed E-state index contributed by atoms with van der Waals surface area (Å²) in [6, 6.07) is 0.00246. The highest BCUT2D eigenvalue weighted by Crippen LogP contribution is 2.09. The van der Waals surface area contributed by atoms with E-state index in [1.54, 1.807) is 11.9 Å². The van der Waals surface area contributed by atoms with Crippen LogP contribution in [0.3, 0.4) is 0 Å². The van der Waals surface area contributed by atoms with Gasteiger partial charge in [0.25, 0.3) is 0 Å². The van der Waals surface area contributed by atoms with Crippen molar-refractivity contribution in [3.63, 3.8) is 0 Å². The number of likely N-dealkylation sites (tertiary alicyclic amines) is 1. The molecule has 1 fully saturated rings. The Bertz CT molecular complexity index is 205. The van der Waals surface area contributed by atoms with E-state index >= 15 is 0 Å². The van der Waals surface area contributed by atoms with Crippen molar-refractivity contribution in [3.05, 3.63) is 0 Å². The first-order chi connectivity index (χ1) is 7.15. The van der Waals surface area contributed by atoms with Crippen molar-refractivity contribution in [1.29, 1.82) is 0 Å². The predicted molar refractivity (Wildman–Crippen MR) is 56.7 cm³/mol. The Morgan fingerprint density at radius 3 is 2.67 bits per heavy atom. The minimum atomic E-state index is -0.605. The molecule has 0 spiro atoms. The summed E-state index contributed by atoms with van der Waals surface area (Å²) >= 11 is 0. The molecule has 1 N–H and O–H groups in total. The molecule has 15 heavy (non-hydrogen) atoms. The maximum absolute atomic E-state index is 11.8. The van der Waals surface area contributed by atoms with Crippen LogP contribution in [-0.2, 0) is 4.74 Å². The summed E-state index contributed by atoms with van der Waals surface area (Å²) < 4.78 is 4.81. The summed E-state index contributed by atoms with van der Waals surface area (Å²) in [5.74, 6) is 0. The maximum atomic E-state index is 11.8. The number of likely N-dealkylation sites (N-methyl/N-ethyl adjacent to an activating group) is 1. The molecule has 0 bridgehead atoms. The Balaban J connectivity index is 2.31. The second-order valence-electron chi connectivity index (χ2n) is 3.97. The molecule has 1 rings (SSSR count). The van der Waals surface area contributed by atoms with E-state index in [1.165, 1.54) is 7.11 Å². The van der Waals surface area contributed by atoms with Crippen LogP contribution in [0.1, 0.15) is 12.8 Å². The molecular formula is C10H20N2O3. The van der Waals surface area contributed by atoms with Gasteiger partial charge < -0.3 is 19.6 Å². The Labute approximate surface area is 90.6 Å². The molecule has 0 aromatic rings. The molecule has 0 aliphatic carbocycles. The van der Waals surface area contributed by atoms with E-state index in [2.05, 4.69) is 0 Å². The highest BCUT2D eigenvalue weighted by atomic mass is 16.5. The Kier molecular flexibility index (Phi) is 4.84. The van der Waals surface area contributed by atoms with E-state index in [1.807, 2.05) is 4.90 Å². The lowest BCUT2D eigenvalue weighted by atomic mass is 10.3. The summed E-state index contributed by atoms with van der Waals surface area (Å²) in [5.41, 5.74) is 0. The Morgan fingerprint density at radius 1 is 1.53 bits per heavy atom. The molecule has 5 heteroatoms. The van der Waals surface area contributed by atoms with Gasteiger partial charge >= 0.3 is 6.03 Å². The second kappa shape index (κ2) is 5.92. The van der Waals surface area contributed by atoms with Crippen LogP contribution in [0.25, 0.3) is 0 Å². The molecule has 1 aliphatic rings. The van der Waals surface area contributed by atoms with Crippen LogP contribution in [0.2, 0.25) is 0 Å². The molecule has 0 aromatic carbocycles. The minimum Gasteiger partial charge on any atom is -0.389 e. The Morgan fingerprint density at radius 2 is 2.13 bits per heavy atom. The van der Waals surface area contributed by atoms with Gasteiger partial charge in [0.2, 0.25) is 0 Å². The van der Waals surface area contributed by atoms with Gasteiger partial charge in [0.15, 0.2) is 0 Å². The standard InChI is InChI=1S/C10H20N2O3/c1-11(7-9(13)8-15-2)10(14)12-5-3-4-6-12/h9,13H,3-8H2,1-2H3. The van der Waals surface area contributed by atoms with Gasteiger partial charge in [0, 0.05) is 27.2 Å². The second-order valence-corrected chi connectivity index (χ2v) is 3.97. The molecule has 1 heterocycles. The largest absolute Gasteiger partial charge is 0.389 e. The monoisotopic (exact) mass is 216 g/mol. The molecule has 1 aliphatic heterocycles. The van der Waals surface area contributed by atoms with Crippen molar-refractivity contribution < 1.29 is 14.6 Å². The van der Waals surface area contributed by atoms with E-state index in [-0.39, 0.29) is 12.6 Å². The highest BCUT2D eigenvalue weighted by Gasteiger charge is 2.22. The first-order valence-corrected chi connectivity index (χ1v) is 5.32. The first kappa shape index (κ1) is 12.3. The van der Waals surface area contributed by atoms with Crippen LogP contribution in [0.5, 0.6) is 0 Å². The number of rotatable bonds is 4. The fourth-order valence-corrected chi connectivity index (χ4v) is 1.79. The van der Waals surface area contributed by atoms with E-state index in [4.69, 9.17) is 4.74 Å². The number of methoxy groups -OCH3 is 1. The van der Waals surface area contributed by atoms with Gasteiger partial charge in [-0.15, -0.1) is 0 Å². The number of hydrogen-bond acceptors (Lipinski definition) is 3. The molecule has 0 saturated carbocycles. The number of urea groups is 1. The van der Waals surface area contributed by atoms with Gasteiger partial charge in [-0.25, -0.2) is 4.79 Å². The van der Waals surface area contributed by atoms with Crippen molar-refractivity contribution in [2.75, 3.05) is 40.4 Å². The molecule has 0 aromatic heterocycles. The molecule has 0 radical (unpaired) electrons. The maximum Gasteiger partial charge on any atom is 0.319 e. The van der Waals surface area contributed by atoms with E-state index in [0.29, 0.717) is 6.54 Å². The number of carbonyl (C=O) groups is 1. The van der Waals surface area contributed by atoms with Crippen LogP contribution >= 0.6 is 0 Å². The number of carbonyl (C=O) groups excluding carboxylic acids is 1. The third-order valence-electron chi connectivity index (χ3n) is 2.55. The van der Waals surface area contributed by atoms with Crippen LogP contribution in [0, 0.1) is 0 Å². The summed E-state index contributed by atoms with van der Waals surface area (Å²) in [4.78, 5) is 15.2. The first-order valence-electron chi connectivity index (χ1n) is 5.32. The van der Waals surface area contributed by atoms with Gasteiger partial charge in [-0.1, -0.05) is 0 Å². The SMILES string of the molecule is COCC(O)CN(C)C(=O)N1CCCC1. The number of hydrogen-bond donors (Lipinski definition) is 1. The third kappa shape index (κ3) is 3.68. The average molecular weight is 216 g/mol. The van der Waals surface area contributed by atoms with Crippen LogP contribution in [0.15, 0.2) is 0 Å². The van der Waals surface area contributed by atoms with Gasteiger partial charge in [-0.3, -0.25) is 0 Å². The summed E-state index contributed by atoms with van der Waals surface area (Å²) in [5, 5.41) is 9.47. The normalized spacial score (nSPS) is 17.9. The fourth-order valence-electron chi connectivity index (χ4n) is 1.79. The van der Waals surface area contributed by atoms with Gasteiger partial charge in [0.05, 0.1) is 19.3 Å². The van der Waals surface area contributed by atoms with Crippen molar-refractivity contribution in [2.24, 2.45) is 0 Å². The van der Waals surface area contributed by atoms with Crippen LogP contribution in [0.4, 0.5) is 4.79 Å². The number of aliphatic hydroxyl groups is 1.